The van der Waals surface area contributed by atoms with Crippen molar-refractivity contribution in [1.29, 1.82) is 0 Å². The van der Waals surface area contributed by atoms with E-state index in [1.54, 1.807) is 12.5 Å². The van der Waals surface area contributed by atoms with Crippen LogP contribution in [0, 0.1) is 5.92 Å². The van der Waals surface area contributed by atoms with E-state index in [1.165, 1.54) is 0 Å². The molecule has 7 heteroatoms. The number of hydrogen-bond donors (Lipinski definition) is 2. The van der Waals surface area contributed by atoms with Crippen LogP contribution in [0.2, 0.25) is 0 Å². The Hall–Kier alpha value is -1.21. The summed E-state index contributed by atoms with van der Waals surface area (Å²) in [4.78, 5) is 10.4. The molecular weight excluding hydrogens is 252 g/mol. The summed E-state index contributed by atoms with van der Waals surface area (Å²) in [5.74, 6) is 1.58. The summed E-state index contributed by atoms with van der Waals surface area (Å²) < 4.78 is 23.2. The Morgan fingerprint density at radius 3 is 2.78 bits per heavy atom. The quantitative estimate of drug-likeness (QED) is 0.748. The van der Waals surface area contributed by atoms with Crippen LogP contribution in [-0.4, -0.2) is 38.0 Å². The minimum atomic E-state index is -2.45. The first-order chi connectivity index (χ1) is 8.75. The van der Waals surface area contributed by atoms with E-state index in [2.05, 4.69) is 19.6 Å². The maximum atomic E-state index is 10.4. The standard InChI is InChI=1S/C11H18N4O2S/c16-18(17)14-6-1-10-3-7-15(8-4-10)11-2-5-12-9-13-11/h2,5,9-10,18H,1,3-4,6-8H2,(H,14,16,17). The van der Waals surface area contributed by atoms with Gasteiger partial charge in [-0.2, -0.15) is 0 Å². The maximum Gasteiger partial charge on any atom is 0.201 e. The van der Waals surface area contributed by atoms with Crippen molar-refractivity contribution in [1.82, 2.24) is 14.7 Å². The smallest absolute Gasteiger partial charge is 0.201 e. The summed E-state index contributed by atoms with van der Waals surface area (Å²) in [5, 5.41) is 0. The molecule has 100 valence electrons. The third kappa shape index (κ3) is 3.92. The third-order valence-corrected chi connectivity index (χ3v) is 3.78. The molecule has 0 amide bonds. The predicted molar refractivity (Wildman–Crippen MR) is 69.9 cm³/mol. The first-order valence-corrected chi connectivity index (χ1v) is 7.32. The van der Waals surface area contributed by atoms with Crippen molar-refractivity contribution in [3.63, 3.8) is 0 Å². The molecule has 0 saturated carbocycles. The van der Waals surface area contributed by atoms with Gasteiger partial charge in [0.1, 0.15) is 12.1 Å². The molecule has 2 rings (SSSR count). The molecule has 18 heavy (non-hydrogen) atoms. The van der Waals surface area contributed by atoms with Crippen LogP contribution in [0.4, 0.5) is 5.82 Å². The number of piperidine rings is 1. The molecule has 2 heterocycles. The molecule has 0 radical (unpaired) electrons. The zero-order valence-corrected chi connectivity index (χ0v) is 11.1. The zero-order valence-electron chi connectivity index (χ0n) is 10.2. The molecular formula is C11H18N4O2S. The number of aromatic nitrogens is 2. The van der Waals surface area contributed by atoms with Crippen LogP contribution in [0.3, 0.4) is 0 Å². The molecule has 1 saturated heterocycles. The molecule has 0 aliphatic carbocycles. The normalized spacial score (nSPS) is 17.3. The molecule has 0 atom stereocenters. The van der Waals surface area contributed by atoms with E-state index in [-0.39, 0.29) is 0 Å². The fourth-order valence-corrected chi connectivity index (χ4v) is 2.59. The highest BCUT2D eigenvalue weighted by Crippen LogP contribution is 2.23. The lowest BCUT2D eigenvalue weighted by Gasteiger charge is -2.32. The molecule has 0 bridgehead atoms. The molecule has 6 nitrogen and oxygen atoms in total. The number of nitrogens with zero attached hydrogens (tertiary/aromatic N) is 3. The summed E-state index contributed by atoms with van der Waals surface area (Å²) in [7, 11) is -2.45. The topological polar surface area (TPSA) is 75.2 Å². The Morgan fingerprint density at radius 2 is 2.17 bits per heavy atom. The minimum Gasteiger partial charge on any atom is -0.357 e. The first-order valence-electron chi connectivity index (χ1n) is 6.14. The van der Waals surface area contributed by atoms with E-state index in [0.29, 0.717) is 12.5 Å². The lowest BCUT2D eigenvalue weighted by atomic mass is 9.94. The fourth-order valence-electron chi connectivity index (χ4n) is 2.28. The van der Waals surface area contributed by atoms with Gasteiger partial charge in [-0.3, -0.25) is 0 Å². The molecule has 1 N–H and O–H groups in total. The summed E-state index contributed by atoms with van der Waals surface area (Å²) >= 11 is 0. The predicted octanol–water partition coefficient (Wildman–Crippen LogP) is 0.199. The van der Waals surface area contributed by atoms with E-state index in [9.17, 15) is 8.42 Å². The summed E-state index contributed by atoms with van der Waals surface area (Å²) in [6.07, 6.45) is 6.41. The Kier molecular flexibility index (Phi) is 4.89. The Balaban J connectivity index is 1.74. The maximum absolute atomic E-state index is 10.4. The Bertz CT molecular complexity index is 422. The van der Waals surface area contributed by atoms with Gasteiger partial charge >= 0.3 is 0 Å². The van der Waals surface area contributed by atoms with Crippen molar-refractivity contribution in [3.8, 4) is 0 Å². The van der Waals surface area contributed by atoms with E-state index in [4.69, 9.17) is 0 Å². The highest BCUT2D eigenvalue weighted by Gasteiger charge is 2.19. The van der Waals surface area contributed by atoms with Crippen molar-refractivity contribution in [2.24, 2.45) is 5.92 Å². The number of anilines is 1. The largest absolute Gasteiger partial charge is 0.357 e. The lowest BCUT2D eigenvalue weighted by Crippen LogP contribution is -2.35. The second kappa shape index (κ2) is 6.65. The second-order valence-electron chi connectivity index (χ2n) is 4.45. The molecule has 0 aromatic carbocycles. The van der Waals surface area contributed by atoms with Crippen LogP contribution < -0.4 is 9.62 Å². The number of thiol groups is 1. The molecule has 1 aromatic rings. The number of hydrogen-bond acceptors (Lipinski definition) is 5. The van der Waals surface area contributed by atoms with Crippen LogP contribution in [0.25, 0.3) is 0 Å². The van der Waals surface area contributed by atoms with E-state index < -0.39 is 10.9 Å². The van der Waals surface area contributed by atoms with Gasteiger partial charge in [-0.1, -0.05) is 0 Å². The van der Waals surface area contributed by atoms with Gasteiger partial charge in [-0.25, -0.2) is 23.1 Å². The summed E-state index contributed by atoms with van der Waals surface area (Å²) in [6.45, 7) is 2.51. The van der Waals surface area contributed by atoms with Crippen molar-refractivity contribution in [2.45, 2.75) is 19.3 Å². The molecule has 1 aromatic heterocycles. The third-order valence-electron chi connectivity index (χ3n) is 3.30. The van der Waals surface area contributed by atoms with Crippen molar-refractivity contribution in [2.75, 3.05) is 24.5 Å². The monoisotopic (exact) mass is 270 g/mol. The highest BCUT2D eigenvalue weighted by atomic mass is 32.2. The Labute approximate surface area is 109 Å². The molecule has 0 spiro atoms. The van der Waals surface area contributed by atoms with Gasteiger partial charge in [0.2, 0.25) is 10.9 Å². The van der Waals surface area contributed by atoms with Gasteiger partial charge in [0, 0.05) is 25.8 Å². The van der Waals surface area contributed by atoms with E-state index in [1.807, 2.05) is 6.07 Å². The fraction of sp³-hybridized carbons (Fsp3) is 0.636. The van der Waals surface area contributed by atoms with Crippen LogP contribution in [0.5, 0.6) is 0 Å². The van der Waals surface area contributed by atoms with Crippen LogP contribution in [-0.2, 0) is 10.9 Å². The van der Waals surface area contributed by atoms with Gasteiger partial charge in [-0.05, 0) is 31.2 Å². The van der Waals surface area contributed by atoms with Gasteiger partial charge in [0.15, 0.2) is 0 Å². The molecule has 1 fully saturated rings. The highest BCUT2D eigenvalue weighted by molar-refractivity contribution is 7.70. The van der Waals surface area contributed by atoms with Gasteiger partial charge < -0.3 is 4.90 Å². The van der Waals surface area contributed by atoms with Crippen molar-refractivity contribution >= 4 is 16.7 Å². The Morgan fingerprint density at radius 1 is 1.39 bits per heavy atom. The van der Waals surface area contributed by atoms with Gasteiger partial charge in [0.05, 0.1) is 0 Å². The van der Waals surface area contributed by atoms with Crippen LogP contribution >= 0.6 is 0 Å². The number of nitrogens with one attached hydrogen (secondary N) is 1. The lowest BCUT2D eigenvalue weighted by molar-refractivity contribution is 0.381. The van der Waals surface area contributed by atoms with Crippen LogP contribution in [0.1, 0.15) is 19.3 Å². The van der Waals surface area contributed by atoms with E-state index in [0.717, 1.165) is 38.2 Å². The minimum absolute atomic E-state index is 0.552. The van der Waals surface area contributed by atoms with Crippen LogP contribution in [0.15, 0.2) is 18.6 Å². The number of rotatable bonds is 5. The van der Waals surface area contributed by atoms with E-state index >= 15 is 0 Å². The first kappa shape index (κ1) is 13.2. The average molecular weight is 270 g/mol. The summed E-state index contributed by atoms with van der Waals surface area (Å²) in [5.41, 5.74) is 0. The molecule has 1 aliphatic rings. The van der Waals surface area contributed by atoms with Crippen molar-refractivity contribution in [3.05, 3.63) is 18.6 Å². The molecule has 0 unspecified atom stereocenters. The van der Waals surface area contributed by atoms with Gasteiger partial charge in [-0.15, -0.1) is 0 Å². The van der Waals surface area contributed by atoms with Gasteiger partial charge in [0.25, 0.3) is 0 Å². The second-order valence-corrected chi connectivity index (χ2v) is 5.28. The SMILES string of the molecule is O=[SH](=O)NCCC1CCN(c2ccncn2)CC1. The molecule has 1 aliphatic heterocycles. The summed E-state index contributed by atoms with van der Waals surface area (Å²) in [6, 6.07) is 1.92. The zero-order chi connectivity index (χ0) is 12.8. The van der Waals surface area contributed by atoms with Crippen molar-refractivity contribution < 1.29 is 8.42 Å². The average Bonchev–Trinajstić information content (AvgIpc) is 2.40.